The third-order valence-electron chi connectivity index (χ3n) is 5.99. The summed E-state index contributed by atoms with van der Waals surface area (Å²) in [7, 11) is 0. The molecule has 2 atom stereocenters. The van der Waals surface area contributed by atoms with E-state index in [1.54, 1.807) is 12.1 Å². The van der Waals surface area contributed by atoms with E-state index in [1.165, 1.54) is 23.9 Å². The molecule has 3 rings (SSSR count). The van der Waals surface area contributed by atoms with Crippen LogP contribution in [-0.4, -0.2) is 27.2 Å². The third-order valence-corrected chi connectivity index (χ3v) is 7.36. The van der Waals surface area contributed by atoms with Gasteiger partial charge in [0, 0.05) is 11.4 Å². The van der Waals surface area contributed by atoms with Crippen LogP contribution >= 0.6 is 11.8 Å². The summed E-state index contributed by atoms with van der Waals surface area (Å²) < 4.78 is 0. The first kappa shape index (κ1) is 23.8. The van der Waals surface area contributed by atoms with Gasteiger partial charge < -0.3 is 10.4 Å². The molecule has 0 saturated carbocycles. The number of rotatable bonds is 6. The number of pyridine rings is 1. The van der Waals surface area contributed by atoms with Crippen molar-refractivity contribution in [3.05, 3.63) is 52.7 Å². The van der Waals surface area contributed by atoms with Crippen LogP contribution in [0.1, 0.15) is 67.7 Å². The molecular formula is C25H29N3O3S. The number of aryl methyl sites for hydroxylation is 1. The lowest BCUT2D eigenvalue weighted by molar-refractivity contribution is -0.115. The highest BCUT2D eigenvalue weighted by Gasteiger charge is 2.30. The molecule has 1 heterocycles. The van der Waals surface area contributed by atoms with Crippen molar-refractivity contribution in [2.24, 2.45) is 11.3 Å². The summed E-state index contributed by atoms with van der Waals surface area (Å²) in [6.45, 7) is 8.66. The molecule has 1 aliphatic carbocycles. The molecule has 168 valence electrons. The summed E-state index contributed by atoms with van der Waals surface area (Å²) in [5, 5.41) is 21.8. The topological polar surface area (TPSA) is 103 Å². The van der Waals surface area contributed by atoms with Crippen molar-refractivity contribution < 1.29 is 14.7 Å². The summed E-state index contributed by atoms with van der Waals surface area (Å²) in [5.41, 5.74) is 3.42. The van der Waals surface area contributed by atoms with Crippen LogP contribution in [0.15, 0.2) is 35.4 Å². The van der Waals surface area contributed by atoms with Crippen molar-refractivity contribution in [3.8, 4) is 6.07 Å². The number of benzene rings is 1. The van der Waals surface area contributed by atoms with Gasteiger partial charge in [0.1, 0.15) is 11.1 Å². The van der Waals surface area contributed by atoms with Gasteiger partial charge in [-0.25, -0.2) is 9.78 Å². The minimum Gasteiger partial charge on any atom is -0.478 e. The molecule has 1 aromatic carbocycles. The molecule has 0 aliphatic heterocycles. The summed E-state index contributed by atoms with van der Waals surface area (Å²) in [4.78, 5) is 28.9. The number of hydrogen-bond donors (Lipinski definition) is 2. The average Bonchev–Trinajstić information content (AvgIpc) is 2.75. The second-order valence-corrected chi connectivity index (χ2v) is 10.4. The van der Waals surface area contributed by atoms with Crippen molar-refractivity contribution >= 4 is 29.3 Å². The fourth-order valence-corrected chi connectivity index (χ4v) is 4.96. The van der Waals surface area contributed by atoms with E-state index < -0.39 is 11.2 Å². The number of aromatic nitrogens is 1. The number of amides is 1. The number of thioether (sulfide) groups is 1. The van der Waals surface area contributed by atoms with Gasteiger partial charge in [0.15, 0.2) is 0 Å². The van der Waals surface area contributed by atoms with Gasteiger partial charge in [-0.05, 0) is 66.8 Å². The van der Waals surface area contributed by atoms with Crippen molar-refractivity contribution in [1.82, 2.24) is 4.98 Å². The van der Waals surface area contributed by atoms with Crippen molar-refractivity contribution in [3.63, 3.8) is 0 Å². The van der Waals surface area contributed by atoms with Crippen molar-refractivity contribution in [1.29, 1.82) is 5.26 Å². The maximum Gasteiger partial charge on any atom is 0.335 e. The average molecular weight is 452 g/mol. The fraction of sp³-hybridized carbons (Fsp3) is 0.440. The van der Waals surface area contributed by atoms with E-state index in [-0.39, 0.29) is 16.9 Å². The van der Waals surface area contributed by atoms with Gasteiger partial charge in [-0.15, -0.1) is 0 Å². The van der Waals surface area contributed by atoms with Gasteiger partial charge >= 0.3 is 5.97 Å². The largest absolute Gasteiger partial charge is 0.478 e. The van der Waals surface area contributed by atoms with Gasteiger partial charge in [0.2, 0.25) is 5.91 Å². The van der Waals surface area contributed by atoms with E-state index in [1.807, 2.05) is 13.0 Å². The molecule has 0 saturated heterocycles. The monoisotopic (exact) mass is 451 g/mol. The summed E-state index contributed by atoms with van der Waals surface area (Å²) in [6.07, 6.45) is 3.41. The number of anilines is 1. The van der Waals surface area contributed by atoms with E-state index in [0.29, 0.717) is 28.6 Å². The van der Waals surface area contributed by atoms with Crippen LogP contribution in [0.2, 0.25) is 0 Å². The predicted octanol–water partition coefficient (Wildman–Crippen LogP) is 5.31. The first-order valence-corrected chi connectivity index (χ1v) is 11.7. The summed E-state index contributed by atoms with van der Waals surface area (Å²) >= 11 is 1.29. The molecule has 2 N–H and O–H groups in total. The number of fused-ring (bicyclic) bond motifs is 1. The molecule has 7 heteroatoms. The molecule has 0 bridgehead atoms. The normalized spacial score (nSPS) is 16.5. The highest BCUT2D eigenvalue weighted by Crippen LogP contribution is 2.38. The molecule has 0 radical (unpaired) electrons. The molecule has 1 aromatic heterocycles. The Kier molecular flexibility index (Phi) is 7.25. The van der Waals surface area contributed by atoms with Gasteiger partial charge in [-0.3, -0.25) is 4.79 Å². The molecule has 6 nitrogen and oxygen atoms in total. The van der Waals surface area contributed by atoms with Crippen LogP contribution < -0.4 is 5.32 Å². The van der Waals surface area contributed by atoms with E-state index in [0.717, 1.165) is 30.5 Å². The Hall–Kier alpha value is -2.85. The lowest BCUT2D eigenvalue weighted by atomic mass is 9.71. The number of nitrogens with zero attached hydrogens (tertiary/aromatic N) is 2. The Morgan fingerprint density at radius 2 is 2.09 bits per heavy atom. The number of nitriles is 1. The number of nitrogens with one attached hydrogen (secondary N) is 1. The van der Waals surface area contributed by atoms with Gasteiger partial charge in [0.25, 0.3) is 0 Å². The van der Waals surface area contributed by atoms with Crippen LogP contribution in [0.4, 0.5) is 5.69 Å². The summed E-state index contributed by atoms with van der Waals surface area (Å²) in [6, 6.07) is 10.4. The fourth-order valence-electron chi connectivity index (χ4n) is 3.96. The lowest BCUT2D eigenvalue weighted by Gasteiger charge is -2.34. The Balaban J connectivity index is 1.79. The Labute approximate surface area is 193 Å². The molecule has 0 spiro atoms. The summed E-state index contributed by atoms with van der Waals surface area (Å²) in [5.74, 6) is -0.734. The molecule has 2 aromatic rings. The zero-order valence-electron chi connectivity index (χ0n) is 18.9. The van der Waals surface area contributed by atoms with Gasteiger partial charge in [0.05, 0.1) is 16.4 Å². The minimum absolute atomic E-state index is 0.111. The first-order valence-electron chi connectivity index (χ1n) is 10.9. The maximum atomic E-state index is 12.9. The van der Waals surface area contributed by atoms with Crippen LogP contribution in [0, 0.1) is 22.7 Å². The Morgan fingerprint density at radius 1 is 1.34 bits per heavy atom. The Bertz CT molecular complexity index is 1070. The van der Waals surface area contributed by atoms with Crippen molar-refractivity contribution in [2.75, 3.05) is 5.32 Å². The van der Waals surface area contributed by atoms with Gasteiger partial charge in [-0.2, -0.15) is 5.26 Å². The number of carboxylic acids is 1. The van der Waals surface area contributed by atoms with Crippen LogP contribution in [0.3, 0.4) is 0 Å². The quantitative estimate of drug-likeness (QED) is 0.577. The maximum absolute atomic E-state index is 12.9. The highest BCUT2D eigenvalue weighted by atomic mass is 32.2. The number of carbonyl (C=O) groups is 2. The van der Waals surface area contributed by atoms with Crippen molar-refractivity contribution in [2.45, 2.75) is 63.7 Å². The van der Waals surface area contributed by atoms with E-state index in [4.69, 9.17) is 10.1 Å². The number of carbonyl (C=O) groups excluding carboxylic acids is 1. The SMILES string of the molecule is CCC(Sc1nc2c(cc1C#N)CC(C(C)(C)C)CC2)C(=O)Nc1cccc(C(=O)O)c1. The number of aromatic carboxylic acids is 1. The van der Waals surface area contributed by atoms with E-state index >= 15 is 0 Å². The van der Waals surface area contributed by atoms with Gasteiger partial charge in [-0.1, -0.05) is 45.5 Å². The van der Waals surface area contributed by atoms with E-state index in [9.17, 15) is 14.9 Å². The third kappa shape index (κ3) is 5.49. The van der Waals surface area contributed by atoms with Crippen LogP contribution in [-0.2, 0) is 17.6 Å². The molecule has 2 unspecified atom stereocenters. The first-order chi connectivity index (χ1) is 15.1. The molecule has 0 fully saturated rings. The molecule has 1 amide bonds. The number of hydrogen-bond acceptors (Lipinski definition) is 5. The zero-order chi connectivity index (χ0) is 23.5. The smallest absolute Gasteiger partial charge is 0.335 e. The zero-order valence-corrected chi connectivity index (χ0v) is 19.8. The lowest BCUT2D eigenvalue weighted by Crippen LogP contribution is -2.28. The minimum atomic E-state index is -1.05. The molecule has 32 heavy (non-hydrogen) atoms. The molecular weight excluding hydrogens is 422 g/mol. The number of carboxylic acid groups (broad SMARTS) is 1. The second-order valence-electron chi connectivity index (χ2n) is 9.25. The van der Waals surface area contributed by atoms with Crippen LogP contribution in [0.25, 0.3) is 0 Å². The highest BCUT2D eigenvalue weighted by molar-refractivity contribution is 8.00. The standard InChI is InChI=1S/C25H29N3O3S/c1-5-21(22(29)27-19-8-6-7-15(13-19)24(30)31)32-23-17(14-26)11-16-12-18(25(2,3)4)9-10-20(16)28-23/h6-8,11,13,18,21H,5,9-10,12H2,1-4H3,(H,27,29)(H,30,31). The van der Waals surface area contributed by atoms with E-state index in [2.05, 4.69) is 32.2 Å². The molecule has 1 aliphatic rings. The predicted molar refractivity (Wildman–Crippen MR) is 126 cm³/mol. The van der Waals surface area contributed by atoms with Crippen LogP contribution in [0.5, 0.6) is 0 Å². The second kappa shape index (κ2) is 9.74. The Morgan fingerprint density at radius 3 is 2.72 bits per heavy atom.